The Morgan fingerprint density at radius 3 is 2.63 bits per heavy atom. The van der Waals surface area contributed by atoms with E-state index < -0.39 is 5.97 Å². The quantitative estimate of drug-likeness (QED) is 0.491. The summed E-state index contributed by atoms with van der Waals surface area (Å²) in [6.07, 6.45) is 2.49. The molecule has 0 aliphatic carbocycles. The standard InChI is InChI=1S/C21H17N3O2S/c1-2-13-7-9-14(10-8-13)16-11-27-20-18(16)19(22-12-23-20)24-17-6-4-3-5-15(17)21(25)26/h3-12H,2H2,1H3,(H,25,26)(H,22,23,24). The van der Waals surface area contributed by atoms with Crippen molar-refractivity contribution in [2.24, 2.45) is 0 Å². The van der Waals surface area contributed by atoms with Gasteiger partial charge in [0.1, 0.15) is 17.0 Å². The Labute approximate surface area is 160 Å². The molecule has 0 bridgehead atoms. The van der Waals surface area contributed by atoms with E-state index in [1.165, 1.54) is 11.9 Å². The average Bonchev–Trinajstić information content (AvgIpc) is 3.13. The van der Waals surface area contributed by atoms with E-state index in [1.54, 1.807) is 35.6 Å². The van der Waals surface area contributed by atoms with Crippen LogP contribution >= 0.6 is 11.3 Å². The second kappa shape index (κ2) is 7.17. The molecular formula is C21H17N3O2S. The summed E-state index contributed by atoms with van der Waals surface area (Å²) < 4.78 is 0. The van der Waals surface area contributed by atoms with Crippen LogP contribution in [-0.4, -0.2) is 21.0 Å². The van der Waals surface area contributed by atoms with Crippen molar-refractivity contribution >= 4 is 39.0 Å². The lowest BCUT2D eigenvalue weighted by Gasteiger charge is -2.11. The number of hydrogen-bond donors (Lipinski definition) is 2. The minimum absolute atomic E-state index is 0.202. The van der Waals surface area contributed by atoms with Crippen LogP contribution in [0.15, 0.2) is 60.2 Å². The van der Waals surface area contributed by atoms with Gasteiger partial charge >= 0.3 is 5.97 Å². The molecule has 0 saturated heterocycles. The highest BCUT2D eigenvalue weighted by Gasteiger charge is 2.16. The fourth-order valence-corrected chi connectivity index (χ4v) is 3.92. The van der Waals surface area contributed by atoms with Gasteiger partial charge in [0.2, 0.25) is 0 Å². The van der Waals surface area contributed by atoms with Crippen LogP contribution in [0.3, 0.4) is 0 Å². The molecule has 2 aromatic heterocycles. The van der Waals surface area contributed by atoms with E-state index >= 15 is 0 Å². The maximum Gasteiger partial charge on any atom is 0.337 e. The molecule has 0 aliphatic rings. The number of aromatic carboxylic acids is 1. The first kappa shape index (κ1) is 17.2. The molecule has 0 fully saturated rings. The average molecular weight is 375 g/mol. The van der Waals surface area contributed by atoms with Gasteiger partial charge in [-0.2, -0.15) is 0 Å². The number of hydrogen-bond acceptors (Lipinski definition) is 5. The highest BCUT2D eigenvalue weighted by molar-refractivity contribution is 7.17. The van der Waals surface area contributed by atoms with Crippen LogP contribution in [0.2, 0.25) is 0 Å². The Kier molecular flexibility index (Phi) is 4.56. The number of para-hydroxylation sites is 1. The van der Waals surface area contributed by atoms with Crippen molar-refractivity contribution in [3.8, 4) is 11.1 Å². The van der Waals surface area contributed by atoms with Gasteiger partial charge in [0, 0.05) is 10.9 Å². The number of aryl methyl sites for hydroxylation is 1. The van der Waals surface area contributed by atoms with Crippen molar-refractivity contribution in [3.05, 3.63) is 71.4 Å². The van der Waals surface area contributed by atoms with Crippen LogP contribution in [0.25, 0.3) is 21.3 Å². The Hall–Kier alpha value is -3.25. The van der Waals surface area contributed by atoms with E-state index in [1.807, 2.05) is 0 Å². The third kappa shape index (κ3) is 3.27. The van der Waals surface area contributed by atoms with E-state index in [2.05, 4.69) is 51.9 Å². The molecular weight excluding hydrogens is 358 g/mol. The number of fused-ring (bicyclic) bond motifs is 1. The first-order chi connectivity index (χ1) is 13.2. The molecule has 6 heteroatoms. The fourth-order valence-electron chi connectivity index (χ4n) is 3.01. The normalized spacial score (nSPS) is 10.9. The number of carboxylic acids is 1. The molecule has 4 rings (SSSR count). The van der Waals surface area contributed by atoms with E-state index in [-0.39, 0.29) is 5.56 Å². The molecule has 0 spiro atoms. The third-order valence-corrected chi connectivity index (χ3v) is 5.34. The summed E-state index contributed by atoms with van der Waals surface area (Å²) in [4.78, 5) is 21.1. The SMILES string of the molecule is CCc1ccc(-c2csc3ncnc(Nc4ccccc4C(=O)O)c23)cc1. The van der Waals surface area contributed by atoms with Gasteiger partial charge in [0.25, 0.3) is 0 Å². The summed E-state index contributed by atoms with van der Waals surface area (Å²) in [6, 6.07) is 15.2. The summed E-state index contributed by atoms with van der Waals surface area (Å²) in [5.41, 5.74) is 4.11. The lowest BCUT2D eigenvalue weighted by Crippen LogP contribution is -2.03. The maximum absolute atomic E-state index is 11.5. The first-order valence-electron chi connectivity index (χ1n) is 8.58. The van der Waals surface area contributed by atoms with Gasteiger partial charge in [0.05, 0.1) is 16.6 Å². The molecule has 2 heterocycles. The van der Waals surface area contributed by atoms with Gasteiger partial charge in [-0.25, -0.2) is 14.8 Å². The van der Waals surface area contributed by atoms with Gasteiger partial charge in [-0.15, -0.1) is 11.3 Å². The zero-order chi connectivity index (χ0) is 18.8. The van der Waals surface area contributed by atoms with E-state index in [9.17, 15) is 9.90 Å². The summed E-state index contributed by atoms with van der Waals surface area (Å²) in [5, 5.41) is 15.6. The van der Waals surface area contributed by atoms with Crippen molar-refractivity contribution in [2.45, 2.75) is 13.3 Å². The lowest BCUT2D eigenvalue weighted by molar-refractivity contribution is 0.0698. The van der Waals surface area contributed by atoms with Crippen molar-refractivity contribution < 1.29 is 9.90 Å². The number of benzene rings is 2. The minimum atomic E-state index is -0.982. The molecule has 2 N–H and O–H groups in total. The van der Waals surface area contributed by atoms with Gasteiger partial charge in [-0.3, -0.25) is 0 Å². The topological polar surface area (TPSA) is 75.1 Å². The number of carbonyl (C=O) groups is 1. The van der Waals surface area contributed by atoms with Crippen molar-refractivity contribution in [1.29, 1.82) is 0 Å². The lowest BCUT2D eigenvalue weighted by atomic mass is 10.0. The zero-order valence-electron chi connectivity index (χ0n) is 14.6. The molecule has 0 amide bonds. The maximum atomic E-state index is 11.5. The minimum Gasteiger partial charge on any atom is -0.478 e. The number of anilines is 2. The predicted molar refractivity (Wildman–Crippen MR) is 109 cm³/mol. The number of nitrogens with one attached hydrogen (secondary N) is 1. The largest absolute Gasteiger partial charge is 0.478 e. The van der Waals surface area contributed by atoms with E-state index in [0.717, 1.165) is 27.8 Å². The fraction of sp³-hybridized carbons (Fsp3) is 0.0952. The number of rotatable bonds is 5. The number of nitrogens with zero attached hydrogens (tertiary/aromatic N) is 2. The Bertz CT molecular complexity index is 1120. The molecule has 0 atom stereocenters. The first-order valence-corrected chi connectivity index (χ1v) is 9.46. The number of aromatic nitrogens is 2. The Morgan fingerprint density at radius 2 is 1.89 bits per heavy atom. The van der Waals surface area contributed by atoms with Crippen LogP contribution in [0.5, 0.6) is 0 Å². The molecule has 2 aromatic carbocycles. The molecule has 0 aliphatic heterocycles. The highest BCUT2D eigenvalue weighted by atomic mass is 32.1. The van der Waals surface area contributed by atoms with Crippen LogP contribution < -0.4 is 5.32 Å². The zero-order valence-corrected chi connectivity index (χ0v) is 15.5. The monoisotopic (exact) mass is 375 g/mol. The summed E-state index contributed by atoms with van der Waals surface area (Å²) >= 11 is 1.55. The van der Waals surface area contributed by atoms with Crippen LogP contribution in [0.1, 0.15) is 22.8 Å². The van der Waals surface area contributed by atoms with Crippen LogP contribution in [-0.2, 0) is 6.42 Å². The smallest absolute Gasteiger partial charge is 0.337 e. The molecule has 0 radical (unpaired) electrons. The van der Waals surface area contributed by atoms with Crippen LogP contribution in [0, 0.1) is 0 Å². The molecule has 0 unspecified atom stereocenters. The Balaban J connectivity index is 1.82. The van der Waals surface area contributed by atoms with Crippen molar-refractivity contribution in [3.63, 3.8) is 0 Å². The van der Waals surface area contributed by atoms with Crippen LogP contribution in [0.4, 0.5) is 11.5 Å². The van der Waals surface area contributed by atoms with Gasteiger partial charge in [-0.05, 0) is 29.7 Å². The predicted octanol–water partition coefficient (Wildman–Crippen LogP) is 5.36. The third-order valence-electron chi connectivity index (χ3n) is 4.45. The number of carboxylic acid groups (broad SMARTS) is 1. The molecule has 0 saturated carbocycles. The summed E-state index contributed by atoms with van der Waals surface area (Å²) in [5.74, 6) is -0.381. The highest BCUT2D eigenvalue weighted by Crippen LogP contribution is 2.37. The van der Waals surface area contributed by atoms with Crippen molar-refractivity contribution in [2.75, 3.05) is 5.32 Å². The van der Waals surface area contributed by atoms with Gasteiger partial charge in [-0.1, -0.05) is 43.3 Å². The molecule has 4 aromatic rings. The van der Waals surface area contributed by atoms with Gasteiger partial charge < -0.3 is 10.4 Å². The molecule has 27 heavy (non-hydrogen) atoms. The number of thiophene rings is 1. The molecule has 5 nitrogen and oxygen atoms in total. The molecule has 134 valence electrons. The summed E-state index contributed by atoms with van der Waals surface area (Å²) in [7, 11) is 0. The summed E-state index contributed by atoms with van der Waals surface area (Å²) in [6.45, 7) is 2.13. The van der Waals surface area contributed by atoms with E-state index in [0.29, 0.717) is 11.5 Å². The van der Waals surface area contributed by atoms with Gasteiger partial charge in [0.15, 0.2) is 0 Å². The van der Waals surface area contributed by atoms with Crippen molar-refractivity contribution in [1.82, 2.24) is 9.97 Å². The second-order valence-electron chi connectivity index (χ2n) is 6.08. The second-order valence-corrected chi connectivity index (χ2v) is 6.94. The Morgan fingerprint density at radius 1 is 1.11 bits per heavy atom. The van der Waals surface area contributed by atoms with E-state index in [4.69, 9.17) is 0 Å².